The molecule has 7 heteroatoms. The molecule has 1 aliphatic rings. The molecule has 1 atom stereocenters. The number of hydrogen-bond acceptors (Lipinski definition) is 6. The summed E-state index contributed by atoms with van der Waals surface area (Å²) in [6.07, 6.45) is 2.93. The Hall–Kier alpha value is -3.40. The lowest BCUT2D eigenvalue weighted by Crippen LogP contribution is -2.13. The molecule has 1 N–H and O–H groups in total. The first-order chi connectivity index (χ1) is 12.2. The molecular weight excluding hydrogens is 318 g/mol. The van der Waals surface area contributed by atoms with Gasteiger partial charge in [0, 0.05) is 24.7 Å². The van der Waals surface area contributed by atoms with Crippen molar-refractivity contribution in [3.8, 4) is 28.9 Å². The Kier molecular flexibility index (Phi) is 3.78. The first kappa shape index (κ1) is 15.1. The maximum absolute atomic E-state index is 12.4. The third-order valence-electron chi connectivity index (χ3n) is 4.36. The Bertz CT molecular complexity index is 986. The van der Waals surface area contributed by atoms with Crippen molar-refractivity contribution in [1.82, 2.24) is 20.0 Å². The van der Waals surface area contributed by atoms with Gasteiger partial charge in [-0.1, -0.05) is 35.5 Å². The van der Waals surface area contributed by atoms with Crippen LogP contribution in [-0.2, 0) is 0 Å². The summed E-state index contributed by atoms with van der Waals surface area (Å²) in [5.74, 6) is 0.797. The third-order valence-corrected chi connectivity index (χ3v) is 4.36. The number of nitriles is 1. The lowest BCUT2D eigenvalue weighted by molar-refractivity contribution is 0.413. The van der Waals surface area contributed by atoms with Gasteiger partial charge in [0.1, 0.15) is 5.56 Å². The quantitative estimate of drug-likeness (QED) is 0.739. The molecule has 0 radical (unpaired) electrons. The number of nitrogens with one attached hydrogen (secondary N) is 1. The molecule has 0 aliphatic carbocycles. The minimum absolute atomic E-state index is 0.0554. The lowest BCUT2D eigenvalue weighted by atomic mass is 10.1. The van der Waals surface area contributed by atoms with Crippen LogP contribution in [0, 0.1) is 11.5 Å². The zero-order valence-electron chi connectivity index (χ0n) is 13.3. The number of nitrogens with zero attached hydrogens (tertiary/aromatic N) is 4. The Labute approximate surface area is 143 Å². The predicted octanol–water partition coefficient (Wildman–Crippen LogP) is 2.36. The molecule has 1 saturated heterocycles. The first-order valence-electron chi connectivity index (χ1n) is 8.02. The van der Waals surface area contributed by atoms with Crippen LogP contribution in [0.15, 0.2) is 51.8 Å². The van der Waals surface area contributed by atoms with Crippen LogP contribution in [0.2, 0.25) is 0 Å². The summed E-state index contributed by atoms with van der Waals surface area (Å²) in [7, 11) is 0. The van der Waals surface area contributed by atoms with E-state index in [0.717, 1.165) is 17.7 Å². The van der Waals surface area contributed by atoms with Crippen LogP contribution in [0.3, 0.4) is 0 Å². The maximum Gasteiger partial charge on any atom is 0.263 e. The van der Waals surface area contributed by atoms with Gasteiger partial charge in [0.25, 0.3) is 11.4 Å². The van der Waals surface area contributed by atoms with Crippen LogP contribution in [0.1, 0.15) is 18.2 Å². The fraction of sp³-hybridized carbons (Fsp3) is 0.222. The largest absolute Gasteiger partial charge is 0.334 e. The van der Waals surface area contributed by atoms with Crippen molar-refractivity contribution >= 4 is 0 Å². The summed E-state index contributed by atoms with van der Waals surface area (Å²) < 4.78 is 5.28. The number of aromatic amines is 1. The molecule has 0 bridgehead atoms. The molecule has 4 rings (SSSR count). The fourth-order valence-corrected chi connectivity index (χ4v) is 3.00. The van der Waals surface area contributed by atoms with Gasteiger partial charge >= 0.3 is 0 Å². The molecule has 1 aliphatic heterocycles. The summed E-state index contributed by atoms with van der Waals surface area (Å²) in [6.45, 7) is 1.27. The van der Waals surface area contributed by atoms with E-state index < -0.39 is 0 Å². The summed E-state index contributed by atoms with van der Waals surface area (Å²) in [5.41, 5.74) is 1.73. The summed E-state index contributed by atoms with van der Waals surface area (Å²) in [6, 6.07) is 13.1. The van der Waals surface area contributed by atoms with E-state index in [4.69, 9.17) is 9.78 Å². The summed E-state index contributed by atoms with van der Waals surface area (Å²) in [4.78, 5) is 21.3. The van der Waals surface area contributed by atoms with Crippen molar-refractivity contribution in [1.29, 1.82) is 5.26 Å². The van der Waals surface area contributed by atoms with Crippen molar-refractivity contribution in [3.05, 3.63) is 58.6 Å². The Morgan fingerprint density at radius 2 is 2.08 bits per heavy atom. The highest BCUT2D eigenvalue weighted by atomic mass is 16.5. The van der Waals surface area contributed by atoms with Crippen molar-refractivity contribution in [2.75, 3.05) is 13.1 Å². The van der Waals surface area contributed by atoms with Gasteiger partial charge in [0.05, 0.1) is 0 Å². The molecule has 1 aromatic carbocycles. The number of likely N-dealkylation sites (tertiary alicyclic amines) is 1. The highest BCUT2D eigenvalue weighted by Crippen LogP contribution is 2.26. The van der Waals surface area contributed by atoms with Crippen LogP contribution < -0.4 is 5.56 Å². The molecule has 0 spiro atoms. The van der Waals surface area contributed by atoms with Gasteiger partial charge in [-0.25, -0.2) is 0 Å². The van der Waals surface area contributed by atoms with Crippen LogP contribution in [0.4, 0.5) is 0 Å². The third kappa shape index (κ3) is 2.90. The average molecular weight is 333 g/mol. The van der Waals surface area contributed by atoms with E-state index in [9.17, 15) is 4.79 Å². The summed E-state index contributed by atoms with van der Waals surface area (Å²) in [5, 5.41) is 12.9. The first-order valence-corrected chi connectivity index (χ1v) is 8.02. The van der Waals surface area contributed by atoms with E-state index in [-0.39, 0.29) is 17.4 Å². The molecule has 0 saturated carbocycles. The molecule has 3 heterocycles. The Balaban J connectivity index is 1.61. The highest BCUT2D eigenvalue weighted by Gasteiger charge is 2.27. The second-order valence-corrected chi connectivity index (χ2v) is 5.97. The maximum atomic E-state index is 12.4. The fourth-order valence-electron chi connectivity index (χ4n) is 3.00. The number of hydrogen-bond donors (Lipinski definition) is 1. The topological polar surface area (TPSA) is 98.8 Å². The molecule has 25 heavy (non-hydrogen) atoms. The van der Waals surface area contributed by atoms with Gasteiger partial charge in [-0.3, -0.25) is 4.79 Å². The SMILES string of the molecule is N#CN1CCC(c2noc(-c3ccc(-c4ccccc4)[nH]c3=O)n2)C1. The molecule has 2 aromatic heterocycles. The summed E-state index contributed by atoms with van der Waals surface area (Å²) >= 11 is 0. The van der Waals surface area contributed by atoms with Crippen LogP contribution in [0.5, 0.6) is 0 Å². The zero-order chi connectivity index (χ0) is 17.2. The molecule has 0 amide bonds. The van der Waals surface area contributed by atoms with Gasteiger partial charge in [0.2, 0.25) is 0 Å². The van der Waals surface area contributed by atoms with Gasteiger partial charge < -0.3 is 14.4 Å². The molecule has 3 aromatic rings. The van der Waals surface area contributed by atoms with E-state index in [1.54, 1.807) is 11.0 Å². The van der Waals surface area contributed by atoms with Crippen molar-refractivity contribution in [2.45, 2.75) is 12.3 Å². The number of benzene rings is 1. The van der Waals surface area contributed by atoms with Crippen molar-refractivity contribution < 1.29 is 4.52 Å². The van der Waals surface area contributed by atoms with Crippen LogP contribution in [0.25, 0.3) is 22.7 Å². The number of aromatic nitrogens is 3. The van der Waals surface area contributed by atoms with Crippen molar-refractivity contribution in [3.63, 3.8) is 0 Å². The van der Waals surface area contributed by atoms with E-state index >= 15 is 0 Å². The van der Waals surface area contributed by atoms with Crippen LogP contribution >= 0.6 is 0 Å². The molecular formula is C18H15N5O2. The second-order valence-electron chi connectivity index (χ2n) is 5.97. The standard InChI is InChI=1S/C18H15N5O2/c19-11-23-9-8-13(10-23)16-21-18(25-22-16)14-6-7-15(20-17(14)24)12-4-2-1-3-5-12/h1-7,13H,8-10H2,(H,20,24). The monoisotopic (exact) mass is 333 g/mol. The average Bonchev–Trinajstić information content (AvgIpc) is 3.31. The number of H-pyrrole nitrogens is 1. The minimum Gasteiger partial charge on any atom is -0.334 e. The van der Waals surface area contributed by atoms with Gasteiger partial charge in [0.15, 0.2) is 12.0 Å². The lowest BCUT2D eigenvalue weighted by Gasteiger charge is -2.04. The minimum atomic E-state index is -0.276. The number of pyridine rings is 1. The second kappa shape index (κ2) is 6.24. The van der Waals surface area contributed by atoms with E-state index in [0.29, 0.717) is 24.5 Å². The van der Waals surface area contributed by atoms with E-state index in [2.05, 4.69) is 21.3 Å². The van der Waals surface area contributed by atoms with Crippen LogP contribution in [-0.4, -0.2) is 33.1 Å². The Morgan fingerprint density at radius 1 is 1.24 bits per heavy atom. The zero-order valence-corrected chi connectivity index (χ0v) is 13.3. The molecule has 1 unspecified atom stereocenters. The molecule has 1 fully saturated rings. The van der Waals surface area contributed by atoms with Crippen molar-refractivity contribution in [2.24, 2.45) is 0 Å². The number of rotatable bonds is 3. The van der Waals surface area contributed by atoms with Gasteiger partial charge in [-0.05, 0) is 24.1 Å². The smallest absolute Gasteiger partial charge is 0.263 e. The Morgan fingerprint density at radius 3 is 2.80 bits per heavy atom. The predicted molar refractivity (Wildman–Crippen MR) is 90.3 cm³/mol. The van der Waals surface area contributed by atoms with E-state index in [1.165, 1.54) is 0 Å². The molecule has 124 valence electrons. The van der Waals surface area contributed by atoms with Gasteiger partial charge in [-0.2, -0.15) is 10.2 Å². The molecule has 7 nitrogen and oxygen atoms in total. The highest BCUT2D eigenvalue weighted by molar-refractivity contribution is 5.62. The normalized spacial score (nSPS) is 16.8. The van der Waals surface area contributed by atoms with Gasteiger partial charge in [-0.15, -0.1) is 0 Å². The van der Waals surface area contributed by atoms with E-state index in [1.807, 2.05) is 36.4 Å².